The van der Waals surface area contributed by atoms with Gasteiger partial charge in [0.05, 0.1) is 0 Å². The Balaban J connectivity index is 2.24. The number of aliphatic carboxylic acids is 1. The van der Waals surface area contributed by atoms with Crippen molar-refractivity contribution in [2.75, 3.05) is 0 Å². The Labute approximate surface area is 122 Å². The van der Waals surface area contributed by atoms with Gasteiger partial charge in [0.15, 0.2) is 0 Å². The second kappa shape index (κ2) is 5.63. The van der Waals surface area contributed by atoms with Crippen molar-refractivity contribution in [1.29, 1.82) is 0 Å². The molecule has 2 atom stereocenters. The average Bonchev–Trinajstić information content (AvgIpc) is 2.37. The molecule has 2 unspecified atom stereocenters. The number of rotatable bonds is 3. The van der Waals surface area contributed by atoms with Gasteiger partial charge in [0.25, 0.3) is 5.91 Å². The first-order chi connectivity index (χ1) is 9.82. The number of phenols is 2. The zero-order valence-electron chi connectivity index (χ0n) is 11.8. The van der Waals surface area contributed by atoms with Crippen molar-refractivity contribution >= 4 is 11.9 Å². The van der Waals surface area contributed by atoms with E-state index in [9.17, 15) is 24.9 Å². The number of hydrogen-bond donors (Lipinski definition) is 4. The highest BCUT2D eigenvalue weighted by Crippen LogP contribution is 2.33. The lowest BCUT2D eigenvalue weighted by atomic mass is 9.76. The molecule has 1 aliphatic carbocycles. The van der Waals surface area contributed by atoms with Crippen LogP contribution < -0.4 is 5.32 Å². The van der Waals surface area contributed by atoms with Gasteiger partial charge in [-0.1, -0.05) is 19.8 Å². The first-order valence-electron chi connectivity index (χ1n) is 6.91. The third-order valence-electron chi connectivity index (χ3n) is 3.92. The standard InChI is InChI=1S/C15H19NO5/c1-9-3-2-4-15(8-9,14(20)21)16-13(19)10-5-11(17)7-12(18)6-10/h5-7,9,17-18H,2-4,8H2,1H3,(H,16,19)(H,20,21). The molecule has 4 N–H and O–H groups in total. The summed E-state index contributed by atoms with van der Waals surface area (Å²) in [5.74, 6) is -1.94. The van der Waals surface area contributed by atoms with E-state index in [1.54, 1.807) is 0 Å². The molecule has 114 valence electrons. The van der Waals surface area contributed by atoms with E-state index >= 15 is 0 Å². The van der Waals surface area contributed by atoms with Crippen LogP contribution in [0.2, 0.25) is 0 Å². The van der Waals surface area contributed by atoms with Crippen LogP contribution in [0.15, 0.2) is 18.2 Å². The Morgan fingerprint density at radius 1 is 1.24 bits per heavy atom. The Morgan fingerprint density at radius 2 is 1.86 bits per heavy atom. The maximum absolute atomic E-state index is 12.2. The van der Waals surface area contributed by atoms with Crippen LogP contribution in [0.5, 0.6) is 11.5 Å². The summed E-state index contributed by atoms with van der Waals surface area (Å²) in [5, 5.41) is 30.9. The second-order valence-electron chi connectivity index (χ2n) is 5.78. The lowest BCUT2D eigenvalue weighted by Crippen LogP contribution is -2.56. The summed E-state index contributed by atoms with van der Waals surface area (Å²) in [6.45, 7) is 1.96. The number of carbonyl (C=O) groups excluding carboxylic acids is 1. The SMILES string of the molecule is CC1CCCC(NC(=O)c2cc(O)cc(O)c2)(C(=O)O)C1. The quantitative estimate of drug-likeness (QED) is 0.680. The highest BCUT2D eigenvalue weighted by Gasteiger charge is 2.43. The molecule has 0 spiro atoms. The van der Waals surface area contributed by atoms with Crippen molar-refractivity contribution in [2.24, 2.45) is 5.92 Å². The van der Waals surface area contributed by atoms with E-state index in [1.807, 2.05) is 6.92 Å². The van der Waals surface area contributed by atoms with Gasteiger partial charge in [-0.3, -0.25) is 4.79 Å². The summed E-state index contributed by atoms with van der Waals surface area (Å²) >= 11 is 0. The predicted molar refractivity (Wildman–Crippen MR) is 75.2 cm³/mol. The number of phenolic OH excluding ortho intramolecular Hbond substituents is 2. The Morgan fingerprint density at radius 3 is 2.38 bits per heavy atom. The van der Waals surface area contributed by atoms with Gasteiger partial charge in [-0.05, 0) is 30.9 Å². The zero-order valence-corrected chi connectivity index (χ0v) is 11.8. The maximum Gasteiger partial charge on any atom is 0.329 e. The van der Waals surface area contributed by atoms with Gasteiger partial charge in [0.2, 0.25) is 0 Å². The highest BCUT2D eigenvalue weighted by atomic mass is 16.4. The third-order valence-corrected chi connectivity index (χ3v) is 3.92. The first-order valence-corrected chi connectivity index (χ1v) is 6.91. The number of nitrogens with one attached hydrogen (secondary N) is 1. The monoisotopic (exact) mass is 293 g/mol. The Hall–Kier alpha value is -2.24. The molecule has 1 aliphatic rings. The molecule has 0 heterocycles. The van der Waals surface area contributed by atoms with Gasteiger partial charge in [-0.15, -0.1) is 0 Å². The minimum atomic E-state index is -1.28. The van der Waals surface area contributed by atoms with Crippen LogP contribution in [0.3, 0.4) is 0 Å². The smallest absolute Gasteiger partial charge is 0.329 e. The van der Waals surface area contributed by atoms with Gasteiger partial charge in [-0.25, -0.2) is 4.79 Å². The zero-order chi connectivity index (χ0) is 15.6. The molecule has 1 aromatic rings. The molecule has 1 amide bonds. The van der Waals surface area contributed by atoms with E-state index in [1.165, 1.54) is 12.1 Å². The molecule has 6 heteroatoms. The summed E-state index contributed by atoms with van der Waals surface area (Å²) in [5.41, 5.74) is -1.25. The number of carbonyl (C=O) groups is 2. The normalized spacial score (nSPS) is 25.3. The minimum Gasteiger partial charge on any atom is -0.508 e. The summed E-state index contributed by atoms with van der Waals surface area (Å²) in [7, 11) is 0. The minimum absolute atomic E-state index is 0.0337. The molecule has 0 saturated heterocycles. The molecule has 0 bridgehead atoms. The van der Waals surface area contributed by atoms with Crippen LogP contribution in [-0.2, 0) is 4.79 Å². The maximum atomic E-state index is 12.2. The third kappa shape index (κ3) is 3.26. The van der Waals surface area contributed by atoms with Crippen molar-refractivity contribution in [3.8, 4) is 11.5 Å². The lowest BCUT2D eigenvalue weighted by molar-refractivity contribution is -0.146. The molecule has 0 radical (unpaired) electrons. The van der Waals surface area contributed by atoms with Gasteiger partial charge in [0.1, 0.15) is 17.0 Å². The van der Waals surface area contributed by atoms with Crippen molar-refractivity contribution in [3.63, 3.8) is 0 Å². The van der Waals surface area contributed by atoms with E-state index in [0.29, 0.717) is 12.8 Å². The van der Waals surface area contributed by atoms with E-state index < -0.39 is 17.4 Å². The summed E-state index contributed by atoms with van der Waals surface area (Å²) in [6, 6.07) is 3.49. The number of aromatic hydroxyl groups is 2. The van der Waals surface area contributed by atoms with Gasteiger partial charge in [0, 0.05) is 11.6 Å². The van der Waals surface area contributed by atoms with E-state index in [0.717, 1.165) is 18.9 Å². The van der Waals surface area contributed by atoms with Crippen molar-refractivity contribution in [2.45, 2.75) is 38.1 Å². The van der Waals surface area contributed by atoms with Crippen LogP contribution in [-0.4, -0.2) is 32.7 Å². The van der Waals surface area contributed by atoms with Gasteiger partial charge >= 0.3 is 5.97 Å². The largest absolute Gasteiger partial charge is 0.508 e. The fourth-order valence-corrected chi connectivity index (χ4v) is 2.93. The summed E-state index contributed by atoms with van der Waals surface area (Å²) in [4.78, 5) is 23.8. The molecule has 1 fully saturated rings. The van der Waals surface area contributed by atoms with Crippen molar-refractivity contribution in [1.82, 2.24) is 5.32 Å². The fourth-order valence-electron chi connectivity index (χ4n) is 2.93. The van der Waals surface area contributed by atoms with Gasteiger partial charge < -0.3 is 20.6 Å². The van der Waals surface area contributed by atoms with Crippen LogP contribution >= 0.6 is 0 Å². The molecule has 0 aromatic heterocycles. The number of benzene rings is 1. The second-order valence-corrected chi connectivity index (χ2v) is 5.78. The number of amides is 1. The average molecular weight is 293 g/mol. The van der Waals surface area contributed by atoms with Crippen LogP contribution in [0.25, 0.3) is 0 Å². The molecule has 1 aromatic carbocycles. The molecule has 6 nitrogen and oxygen atoms in total. The summed E-state index contributed by atoms with van der Waals surface area (Å²) < 4.78 is 0. The van der Waals surface area contributed by atoms with E-state index in [-0.39, 0.29) is 23.0 Å². The van der Waals surface area contributed by atoms with Crippen LogP contribution in [0.1, 0.15) is 43.0 Å². The highest BCUT2D eigenvalue weighted by molar-refractivity contribution is 5.98. The summed E-state index contributed by atoms with van der Waals surface area (Å²) in [6.07, 6.45) is 2.43. The number of carboxylic acids is 1. The number of carboxylic acid groups (broad SMARTS) is 1. The van der Waals surface area contributed by atoms with Crippen LogP contribution in [0, 0.1) is 5.92 Å². The predicted octanol–water partition coefficient (Wildman–Crippen LogP) is 1.86. The van der Waals surface area contributed by atoms with Crippen molar-refractivity contribution < 1.29 is 24.9 Å². The molecular weight excluding hydrogens is 274 g/mol. The molecule has 1 saturated carbocycles. The molecule has 0 aliphatic heterocycles. The number of hydrogen-bond acceptors (Lipinski definition) is 4. The molecule has 21 heavy (non-hydrogen) atoms. The fraction of sp³-hybridized carbons (Fsp3) is 0.467. The molecule has 2 rings (SSSR count). The van der Waals surface area contributed by atoms with Gasteiger partial charge in [-0.2, -0.15) is 0 Å². The van der Waals surface area contributed by atoms with E-state index in [2.05, 4.69) is 5.32 Å². The Bertz CT molecular complexity index is 551. The topological polar surface area (TPSA) is 107 Å². The van der Waals surface area contributed by atoms with Crippen LogP contribution in [0.4, 0.5) is 0 Å². The first kappa shape index (κ1) is 15.2. The lowest BCUT2D eigenvalue weighted by Gasteiger charge is -2.37. The molecular formula is C15H19NO5. The Kier molecular flexibility index (Phi) is 4.06. The van der Waals surface area contributed by atoms with Crippen molar-refractivity contribution in [3.05, 3.63) is 23.8 Å². The van der Waals surface area contributed by atoms with E-state index in [4.69, 9.17) is 0 Å².